The number of carboxylic acid groups (broad SMARTS) is 1. The van der Waals surface area contributed by atoms with Gasteiger partial charge >= 0.3 is 5.97 Å². The molecule has 1 atom stereocenters. The first-order valence-corrected chi connectivity index (χ1v) is 10.9. The van der Waals surface area contributed by atoms with Crippen molar-refractivity contribution in [1.29, 1.82) is 0 Å². The number of fused-ring (bicyclic) bond motifs is 1. The van der Waals surface area contributed by atoms with Crippen molar-refractivity contribution in [2.75, 3.05) is 6.54 Å². The Bertz CT molecular complexity index is 950. The fourth-order valence-corrected chi connectivity index (χ4v) is 5.42. The van der Waals surface area contributed by atoms with Crippen molar-refractivity contribution in [2.45, 2.75) is 70.4 Å². The zero-order valence-corrected chi connectivity index (χ0v) is 18.3. The summed E-state index contributed by atoms with van der Waals surface area (Å²) in [6, 6.07) is -1.28. The molecule has 0 fully saturated rings. The summed E-state index contributed by atoms with van der Waals surface area (Å²) in [6.07, 6.45) is 0.961. The van der Waals surface area contributed by atoms with E-state index in [-0.39, 0.29) is 23.8 Å². The maximum absolute atomic E-state index is 13.2. The van der Waals surface area contributed by atoms with Gasteiger partial charge in [-0.15, -0.1) is 0 Å². The summed E-state index contributed by atoms with van der Waals surface area (Å²) >= 11 is 0. The van der Waals surface area contributed by atoms with Crippen LogP contribution in [0.1, 0.15) is 48.9 Å². The van der Waals surface area contributed by atoms with Crippen molar-refractivity contribution >= 4 is 22.0 Å². The minimum atomic E-state index is -4.07. The minimum absolute atomic E-state index is 0.0590. The summed E-state index contributed by atoms with van der Waals surface area (Å²) in [5.74, 6) is -0.630. The molecule has 1 aromatic carbocycles. The van der Waals surface area contributed by atoms with Crippen LogP contribution in [0.5, 0.6) is 5.75 Å². The Morgan fingerprint density at radius 3 is 2.41 bits per heavy atom. The number of ether oxygens (including phenoxy) is 1. The summed E-state index contributed by atoms with van der Waals surface area (Å²) in [7, 11) is -4.07. The lowest BCUT2D eigenvalue weighted by molar-refractivity contribution is -0.139. The third-order valence-electron chi connectivity index (χ3n) is 5.10. The molecule has 0 aromatic heterocycles. The number of guanidine groups is 1. The number of hydrogen-bond acceptors (Lipinski definition) is 5. The van der Waals surface area contributed by atoms with E-state index in [2.05, 4.69) is 9.71 Å². The lowest BCUT2D eigenvalue weighted by atomic mass is 9.94. The maximum atomic E-state index is 13.2. The molecule has 0 saturated heterocycles. The van der Waals surface area contributed by atoms with Gasteiger partial charge in [-0.3, -0.25) is 9.79 Å². The second kappa shape index (κ2) is 8.19. The van der Waals surface area contributed by atoms with Crippen LogP contribution in [0.4, 0.5) is 0 Å². The highest BCUT2D eigenvalue weighted by molar-refractivity contribution is 7.89. The molecule has 6 N–H and O–H groups in total. The quantitative estimate of drug-likeness (QED) is 0.275. The third-order valence-corrected chi connectivity index (χ3v) is 6.85. The van der Waals surface area contributed by atoms with Gasteiger partial charge in [0.15, 0.2) is 5.96 Å². The predicted molar refractivity (Wildman–Crippen MR) is 111 cm³/mol. The second-order valence-corrected chi connectivity index (χ2v) is 9.66. The molecular weight excluding hydrogens is 396 g/mol. The van der Waals surface area contributed by atoms with Crippen molar-refractivity contribution in [3.63, 3.8) is 0 Å². The molecule has 9 nitrogen and oxygen atoms in total. The molecule has 162 valence electrons. The number of aliphatic carboxylic acids is 1. The first-order chi connectivity index (χ1) is 13.3. The van der Waals surface area contributed by atoms with Gasteiger partial charge in [0.1, 0.15) is 17.4 Å². The lowest BCUT2D eigenvalue weighted by Crippen LogP contribution is -2.41. The molecule has 1 heterocycles. The first kappa shape index (κ1) is 23.0. The van der Waals surface area contributed by atoms with Gasteiger partial charge < -0.3 is 21.3 Å². The Morgan fingerprint density at radius 1 is 1.24 bits per heavy atom. The maximum Gasteiger partial charge on any atom is 0.321 e. The Morgan fingerprint density at radius 2 is 1.86 bits per heavy atom. The Kier molecular flexibility index (Phi) is 6.48. The third kappa shape index (κ3) is 4.99. The molecule has 0 aliphatic carbocycles. The van der Waals surface area contributed by atoms with E-state index < -0.39 is 27.6 Å². The lowest BCUT2D eigenvalue weighted by Gasteiger charge is -2.20. The molecule has 0 amide bonds. The van der Waals surface area contributed by atoms with Crippen LogP contribution in [0.2, 0.25) is 0 Å². The van der Waals surface area contributed by atoms with Crippen LogP contribution in [0, 0.1) is 20.8 Å². The molecule has 0 saturated carbocycles. The zero-order chi connectivity index (χ0) is 22.1. The van der Waals surface area contributed by atoms with E-state index in [1.807, 2.05) is 20.8 Å². The number of hydrogen-bond donors (Lipinski definition) is 4. The average Bonchev–Trinajstić information content (AvgIpc) is 2.91. The highest BCUT2D eigenvalue weighted by Crippen LogP contribution is 2.43. The van der Waals surface area contributed by atoms with E-state index in [1.165, 1.54) is 0 Å². The number of aliphatic imine (C=N–C) groups is 1. The van der Waals surface area contributed by atoms with E-state index in [0.717, 1.165) is 16.9 Å². The molecule has 1 aromatic rings. The normalized spacial score (nSPS) is 16.0. The van der Waals surface area contributed by atoms with Gasteiger partial charge in [0.2, 0.25) is 10.0 Å². The van der Waals surface area contributed by atoms with E-state index >= 15 is 0 Å². The van der Waals surface area contributed by atoms with E-state index in [1.54, 1.807) is 13.8 Å². The Labute approximate surface area is 171 Å². The molecule has 2 rings (SSSR count). The molecule has 0 unspecified atom stereocenters. The molecule has 1 aliphatic rings. The van der Waals surface area contributed by atoms with Gasteiger partial charge in [0, 0.05) is 18.5 Å². The fraction of sp³-hybridized carbons (Fsp3) is 0.579. The van der Waals surface area contributed by atoms with Gasteiger partial charge in [-0.1, -0.05) is 0 Å². The van der Waals surface area contributed by atoms with Crippen LogP contribution >= 0.6 is 0 Å². The van der Waals surface area contributed by atoms with Gasteiger partial charge in [-0.05, 0) is 64.2 Å². The van der Waals surface area contributed by atoms with Crippen LogP contribution in [0.25, 0.3) is 0 Å². The largest absolute Gasteiger partial charge is 0.487 e. The van der Waals surface area contributed by atoms with Crippen LogP contribution in [-0.2, 0) is 21.2 Å². The van der Waals surface area contributed by atoms with Crippen LogP contribution in [0.3, 0.4) is 0 Å². The van der Waals surface area contributed by atoms with Crippen molar-refractivity contribution in [3.8, 4) is 5.75 Å². The summed E-state index contributed by atoms with van der Waals surface area (Å²) in [4.78, 5) is 15.5. The SMILES string of the molecule is Cc1c(C)c(S(=O)(=O)N[C@@H](CCCN=C(N)N)C(=O)O)c(C)c2c1OC(C)(C)C2. The highest BCUT2D eigenvalue weighted by atomic mass is 32.2. The van der Waals surface area contributed by atoms with E-state index in [0.29, 0.717) is 24.0 Å². The van der Waals surface area contributed by atoms with Gasteiger partial charge in [-0.2, -0.15) is 4.72 Å². The minimum Gasteiger partial charge on any atom is -0.487 e. The number of carbonyl (C=O) groups is 1. The number of benzene rings is 1. The zero-order valence-electron chi connectivity index (χ0n) is 17.5. The molecular formula is C19H30N4O5S. The number of sulfonamides is 1. The summed E-state index contributed by atoms with van der Waals surface area (Å²) in [5.41, 5.74) is 12.8. The van der Waals surface area contributed by atoms with Crippen LogP contribution in [0.15, 0.2) is 9.89 Å². The summed E-state index contributed by atoms with van der Waals surface area (Å²) in [6.45, 7) is 9.38. The summed E-state index contributed by atoms with van der Waals surface area (Å²) in [5, 5.41) is 9.48. The highest BCUT2D eigenvalue weighted by Gasteiger charge is 2.37. The number of rotatable bonds is 8. The second-order valence-electron chi connectivity index (χ2n) is 8.01. The first-order valence-electron chi connectivity index (χ1n) is 9.39. The molecule has 0 spiro atoms. The van der Waals surface area contributed by atoms with E-state index in [4.69, 9.17) is 16.2 Å². The molecule has 10 heteroatoms. The average molecular weight is 427 g/mol. The number of nitrogens with one attached hydrogen (secondary N) is 1. The topological polar surface area (TPSA) is 157 Å². The standard InChI is InChI=1S/C19H30N4O5S/c1-10-11(2)16(12(3)13-9-19(4,5)28-15(10)13)29(26,27)23-14(17(24)25)7-6-8-22-18(20)21/h14,23H,6-9H2,1-5H3,(H,24,25)(H4,20,21,22)/t14-/m0/s1. The monoisotopic (exact) mass is 426 g/mol. The van der Waals surface area contributed by atoms with Gasteiger partial charge in [-0.25, -0.2) is 8.42 Å². The van der Waals surface area contributed by atoms with E-state index in [9.17, 15) is 18.3 Å². The smallest absolute Gasteiger partial charge is 0.321 e. The fourth-order valence-electron chi connectivity index (χ4n) is 3.63. The van der Waals surface area contributed by atoms with Crippen molar-refractivity contribution in [3.05, 3.63) is 22.3 Å². The van der Waals surface area contributed by atoms with Gasteiger partial charge in [0.25, 0.3) is 0 Å². The van der Waals surface area contributed by atoms with Crippen LogP contribution < -0.4 is 20.9 Å². The molecule has 0 bridgehead atoms. The Hall–Kier alpha value is -2.33. The molecule has 0 radical (unpaired) electrons. The molecule has 1 aliphatic heterocycles. The van der Waals surface area contributed by atoms with Crippen molar-refractivity contribution < 1.29 is 23.1 Å². The van der Waals surface area contributed by atoms with Crippen LogP contribution in [-0.4, -0.2) is 43.6 Å². The summed E-state index contributed by atoms with van der Waals surface area (Å²) < 4.78 is 34.7. The Balaban J connectivity index is 2.37. The molecule has 29 heavy (non-hydrogen) atoms. The number of carboxylic acids is 1. The predicted octanol–water partition coefficient (Wildman–Crippen LogP) is 1.11. The number of nitrogens with zero attached hydrogens (tertiary/aromatic N) is 1. The number of nitrogens with two attached hydrogens (primary N) is 2. The van der Waals surface area contributed by atoms with Crippen molar-refractivity contribution in [2.24, 2.45) is 16.5 Å². The van der Waals surface area contributed by atoms with Gasteiger partial charge in [0.05, 0.1) is 4.90 Å². The van der Waals surface area contributed by atoms with Crippen molar-refractivity contribution in [1.82, 2.24) is 4.72 Å².